The van der Waals surface area contributed by atoms with E-state index in [1.807, 2.05) is 41.5 Å². The molecule has 2 bridgehead atoms. The summed E-state index contributed by atoms with van der Waals surface area (Å²) < 4.78 is 11.4. The van der Waals surface area contributed by atoms with Crippen LogP contribution in [0.15, 0.2) is 11.1 Å². The predicted octanol–water partition coefficient (Wildman–Crippen LogP) is 5.66. The van der Waals surface area contributed by atoms with Gasteiger partial charge in [0.1, 0.15) is 0 Å². The zero-order valence-electron chi connectivity index (χ0n) is 20.2. The van der Waals surface area contributed by atoms with Gasteiger partial charge in [0.05, 0.1) is 25.0 Å². The number of carbonyl (C=O) groups is 2. The van der Waals surface area contributed by atoms with Crippen LogP contribution in [0.3, 0.4) is 0 Å². The number of carbonyl (C=O) groups excluding carboxylic acids is 2. The van der Waals surface area contributed by atoms with E-state index in [-0.39, 0.29) is 34.6 Å². The maximum absolute atomic E-state index is 13.2. The lowest BCUT2D eigenvalue weighted by Gasteiger charge is -2.35. The van der Waals surface area contributed by atoms with Crippen LogP contribution in [0.2, 0.25) is 0 Å². The number of fused-ring (bicyclic) bond motifs is 2. The molecular weight excluding hydrogens is 364 g/mol. The van der Waals surface area contributed by atoms with Crippen LogP contribution in [0, 0.1) is 46.3 Å². The molecule has 0 saturated heterocycles. The van der Waals surface area contributed by atoms with Crippen molar-refractivity contribution in [2.75, 3.05) is 13.2 Å². The van der Waals surface area contributed by atoms with E-state index in [0.29, 0.717) is 25.0 Å². The minimum absolute atomic E-state index is 0.0945. The molecule has 1 fully saturated rings. The van der Waals surface area contributed by atoms with Crippen molar-refractivity contribution in [3.8, 4) is 0 Å². The summed E-state index contributed by atoms with van der Waals surface area (Å²) in [5.74, 6) is -0.380. The fraction of sp³-hybridized carbons (Fsp3) is 0.840. The van der Waals surface area contributed by atoms with Crippen LogP contribution in [0.1, 0.15) is 75.7 Å². The van der Waals surface area contributed by atoms with Crippen LogP contribution >= 0.6 is 0 Å². The number of hydrogen-bond donors (Lipinski definition) is 0. The van der Waals surface area contributed by atoms with Gasteiger partial charge in [-0.2, -0.15) is 0 Å². The van der Waals surface area contributed by atoms with Crippen LogP contribution in [0.4, 0.5) is 0 Å². The number of esters is 2. The van der Waals surface area contributed by atoms with E-state index in [1.165, 1.54) is 11.1 Å². The molecular formula is C25H42O4. The van der Waals surface area contributed by atoms with Crippen molar-refractivity contribution in [1.82, 2.24) is 0 Å². The van der Waals surface area contributed by atoms with Crippen molar-refractivity contribution in [3.05, 3.63) is 11.1 Å². The van der Waals surface area contributed by atoms with E-state index in [4.69, 9.17) is 9.47 Å². The van der Waals surface area contributed by atoms with Gasteiger partial charge in [-0.05, 0) is 40.9 Å². The summed E-state index contributed by atoms with van der Waals surface area (Å²) in [7, 11) is 0. The van der Waals surface area contributed by atoms with Gasteiger partial charge >= 0.3 is 11.9 Å². The molecule has 4 nitrogen and oxygen atoms in total. The lowest BCUT2D eigenvalue weighted by atomic mass is 9.70. The first kappa shape index (κ1) is 24.0. The largest absolute Gasteiger partial charge is 0.465 e. The van der Waals surface area contributed by atoms with Crippen molar-refractivity contribution >= 4 is 11.9 Å². The molecule has 0 aromatic carbocycles. The second-order valence-electron chi connectivity index (χ2n) is 12.1. The van der Waals surface area contributed by atoms with Crippen molar-refractivity contribution in [1.29, 1.82) is 0 Å². The summed E-state index contributed by atoms with van der Waals surface area (Å²) in [5, 5.41) is 0. The molecule has 0 heterocycles. The van der Waals surface area contributed by atoms with Gasteiger partial charge in [-0.1, -0.05) is 80.4 Å². The van der Waals surface area contributed by atoms with Crippen molar-refractivity contribution in [2.45, 2.75) is 75.7 Å². The number of hydrogen-bond acceptors (Lipinski definition) is 4. The van der Waals surface area contributed by atoms with E-state index >= 15 is 0 Å². The highest BCUT2D eigenvalue weighted by atomic mass is 16.5. The van der Waals surface area contributed by atoms with Crippen LogP contribution in [-0.2, 0) is 19.1 Å². The monoisotopic (exact) mass is 406 g/mol. The molecule has 1 saturated carbocycles. The van der Waals surface area contributed by atoms with Gasteiger partial charge < -0.3 is 9.47 Å². The van der Waals surface area contributed by atoms with Gasteiger partial charge in [-0.25, -0.2) is 0 Å². The molecule has 2 aliphatic rings. The Morgan fingerprint density at radius 1 is 0.759 bits per heavy atom. The summed E-state index contributed by atoms with van der Waals surface area (Å²) in [4.78, 5) is 26.4. The zero-order valence-corrected chi connectivity index (χ0v) is 20.2. The molecule has 0 aliphatic heterocycles. The Morgan fingerprint density at radius 3 is 1.31 bits per heavy atom. The minimum atomic E-state index is -0.422. The SMILES string of the molecule is CC(C)C1=C(C(C)C)C2CC1C(C(=O)OCC(C)(C)C)C2C(=O)OCC(C)(C)C. The molecule has 2 aliphatic carbocycles. The summed E-state index contributed by atoms with van der Waals surface area (Å²) >= 11 is 0. The van der Waals surface area contributed by atoms with Crippen LogP contribution < -0.4 is 0 Å². The van der Waals surface area contributed by atoms with E-state index in [2.05, 4.69) is 27.7 Å². The Bertz CT molecular complexity index is 601. The highest BCUT2D eigenvalue weighted by Crippen LogP contribution is 2.59. The smallest absolute Gasteiger partial charge is 0.310 e. The molecule has 2 rings (SSSR count). The Hall–Kier alpha value is -1.32. The summed E-state index contributed by atoms with van der Waals surface area (Å²) in [5.41, 5.74) is 2.55. The van der Waals surface area contributed by atoms with Crippen molar-refractivity contribution in [2.24, 2.45) is 46.3 Å². The maximum atomic E-state index is 13.2. The van der Waals surface area contributed by atoms with Crippen molar-refractivity contribution in [3.63, 3.8) is 0 Å². The number of allylic oxidation sites excluding steroid dienone is 2. The summed E-state index contributed by atoms with van der Waals surface area (Å²) in [6.45, 7) is 21.8. The second-order valence-corrected chi connectivity index (χ2v) is 12.1. The first-order valence-corrected chi connectivity index (χ1v) is 11.2. The highest BCUT2D eigenvalue weighted by molar-refractivity contribution is 5.85. The molecule has 0 amide bonds. The van der Waals surface area contributed by atoms with Crippen LogP contribution in [0.25, 0.3) is 0 Å². The summed E-state index contributed by atoms with van der Waals surface area (Å²) in [6.07, 6.45) is 0.867. The molecule has 4 unspecified atom stereocenters. The fourth-order valence-electron chi connectivity index (χ4n) is 5.05. The van der Waals surface area contributed by atoms with Gasteiger partial charge in [0.25, 0.3) is 0 Å². The quantitative estimate of drug-likeness (QED) is 0.422. The molecule has 0 aromatic rings. The molecule has 29 heavy (non-hydrogen) atoms. The second kappa shape index (κ2) is 8.43. The Kier molecular flexibility index (Phi) is 6.96. The van der Waals surface area contributed by atoms with Gasteiger partial charge in [-0.15, -0.1) is 0 Å². The first-order chi connectivity index (χ1) is 13.1. The van der Waals surface area contributed by atoms with Gasteiger partial charge in [0.15, 0.2) is 0 Å². The molecule has 166 valence electrons. The third-order valence-electron chi connectivity index (χ3n) is 5.98. The average molecular weight is 407 g/mol. The van der Waals surface area contributed by atoms with E-state index in [0.717, 1.165) is 6.42 Å². The average Bonchev–Trinajstić information content (AvgIpc) is 3.11. The van der Waals surface area contributed by atoms with Gasteiger partial charge in [-0.3, -0.25) is 9.59 Å². The maximum Gasteiger partial charge on any atom is 0.310 e. The van der Waals surface area contributed by atoms with Gasteiger partial charge in [0.2, 0.25) is 0 Å². The van der Waals surface area contributed by atoms with E-state index < -0.39 is 11.8 Å². The zero-order chi connectivity index (χ0) is 22.3. The molecule has 0 N–H and O–H groups in total. The Labute approximate surface area is 177 Å². The third kappa shape index (κ3) is 5.44. The first-order valence-electron chi connectivity index (χ1n) is 11.2. The van der Waals surface area contributed by atoms with E-state index in [9.17, 15) is 9.59 Å². The van der Waals surface area contributed by atoms with E-state index in [1.54, 1.807) is 0 Å². The highest BCUT2D eigenvalue weighted by Gasteiger charge is 2.59. The predicted molar refractivity (Wildman–Crippen MR) is 116 cm³/mol. The standard InChI is InChI=1S/C25H42O4/c1-14(2)18-16-11-17(19(18)15(3)4)21(23(27)29-13-25(8,9)10)20(16)22(26)28-12-24(5,6)7/h14-17,20-21H,11-13H2,1-10H3. The third-order valence-corrected chi connectivity index (χ3v) is 5.98. The number of rotatable bonds is 6. The molecule has 0 radical (unpaired) electrons. The van der Waals surface area contributed by atoms with Crippen molar-refractivity contribution < 1.29 is 19.1 Å². The lowest BCUT2D eigenvalue weighted by molar-refractivity contribution is -0.164. The summed E-state index contributed by atoms with van der Waals surface area (Å²) in [6, 6.07) is 0. The minimum Gasteiger partial charge on any atom is -0.465 e. The topological polar surface area (TPSA) is 52.6 Å². The van der Waals surface area contributed by atoms with Crippen LogP contribution in [-0.4, -0.2) is 25.2 Å². The molecule has 0 aromatic heterocycles. The van der Waals surface area contributed by atoms with Crippen LogP contribution in [0.5, 0.6) is 0 Å². The molecule has 4 atom stereocenters. The Morgan fingerprint density at radius 2 is 1.07 bits per heavy atom. The Balaban J connectivity index is 2.37. The lowest BCUT2D eigenvalue weighted by Crippen LogP contribution is -2.40. The molecule has 4 heteroatoms. The normalized spacial score (nSPS) is 27.2. The number of ether oxygens (including phenoxy) is 2. The molecule has 0 spiro atoms. The van der Waals surface area contributed by atoms with Gasteiger partial charge in [0, 0.05) is 0 Å². The fourth-order valence-corrected chi connectivity index (χ4v) is 5.05.